The van der Waals surface area contributed by atoms with Crippen molar-refractivity contribution in [2.75, 3.05) is 19.4 Å². The Balaban J connectivity index is 1.56. The number of carbonyl (C=O) groups excluding carboxylic acids is 2. The summed E-state index contributed by atoms with van der Waals surface area (Å²) < 4.78 is 0.866. The number of rotatable bonds is 5. The highest BCUT2D eigenvalue weighted by Crippen LogP contribution is 2.28. The van der Waals surface area contributed by atoms with E-state index in [1.54, 1.807) is 38.5 Å². The van der Waals surface area contributed by atoms with Crippen LogP contribution in [0.25, 0.3) is 10.2 Å². The molecule has 3 amide bonds. The zero-order valence-corrected chi connectivity index (χ0v) is 15.9. The molecule has 0 bridgehead atoms. The second-order valence-electron chi connectivity index (χ2n) is 6.79. The number of anilines is 1. The first kappa shape index (κ1) is 18.4. The zero-order chi connectivity index (χ0) is 18.5. The van der Waals surface area contributed by atoms with Crippen LogP contribution in [-0.4, -0.2) is 35.9 Å². The number of thiazole rings is 1. The van der Waals surface area contributed by atoms with Gasteiger partial charge in [-0.05, 0) is 30.5 Å². The summed E-state index contributed by atoms with van der Waals surface area (Å²) in [6, 6.07) is 5.05. The number of aromatic nitrogens is 1. The summed E-state index contributed by atoms with van der Waals surface area (Å²) in [7, 11) is 3.44. The van der Waals surface area contributed by atoms with E-state index in [4.69, 9.17) is 0 Å². The molecule has 1 aliphatic carbocycles. The molecular formula is C19H24N4O2S. The van der Waals surface area contributed by atoms with Crippen LogP contribution in [0.5, 0.6) is 0 Å². The van der Waals surface area contributed by atoms with Gasteiger partial charge in [-0.1, -0.05) is 43.1 Å². The zero-order valence-electron chi connectivity index (χ0n) is 15.1. The van der Waals surface area contributed by atoms with Gasteiger partial charge in [-0.15, -0.1) is 0 Å². The normalized spacial score (nSPS) is 14.8. The maximum atomic E-state index is 12.0. The molecule has 0 saturated heterocycles. The number of fused-ring (bicyclic) bond motifs is 1. The standard InChI is InChI=1S/C19H24N4O2S/c1-23(2)17(24)14-9-10-15-16(12-14)26-19(21-15)22-18(25)20-11-5-8-13-6-3-4-7-13/h5,9-13H,3-4,6-8H2,1-2H3,(H2,20,21,22,25)/b11-5-. The van der Waals surface area contributed by atoms with Gasteiger partial charge in [0.05, 0.1) is 10.2 Å². The molecule has 3 rings (SSSR count). The van der Waals surface area contributed by atoms with Crippen LogP contribution in [0.15, 0.2) is 30.5 Å². The summed E-state index contributed by atoms with van der Waals surface area (Å²) in [6.07, 6.45) is 9.98. The number of urea groups is 1. The van der Waals surface area contributed by atoms with Gasteiger partial charge in [-0.25, -0.2) is 9.78 Å². The Kier molecular flexibility index (Phi) is 5.88. The van der Waals surface area contributed by atoms with Gasteiger partial charge in [0, 0.05) is 25.9 Å². The van der Waals surface area contributed by atoms with Crippen LogP contribution in [0.4, 0.5) is 9.93 Å². The van der Waals surface area contributed by atoms with E-state index < -0.39 is 0 Å². The molecule has 2 aromatic rings. The number of carbonyl (C=O) groups is 2. The molecule has 1 aromatic heterocycles. The Morgan fingerprint density at radius 1 is 1.31 bits per heavy atom. The number of hydrogen-bond donors (Lipinski definition) is 2. The third-order valence-corrected chi connectivity index (χ3v) is 5.47. The molecule has 138 valence electrons. The number of benzene rings is 1. The lowest BCUT2D eigenvalue weighted by Gasteiger charge is -2.09. The second kappa shape index (κ2) is 8.31. The van der Waals surface area contributed by atoms with Gasteiger partial charge in [0.15, 0.2) is 5.13 Å². The highest BCUT2D eigenvalue weighted by Gasteiger charge is 2.13. The van der Waals surface area contributed by atoms with Gasteiger partial charge >= 0.3 is 6.03 Å². The fourth-order valence-electron chi connectivity index (χ4n) is 3.14. The van der Waals surface area contributed by atoms with Crippen molar-refractivity contribution in [2.45, 2.75) is 32.1 Å². The molecule has 2 N–H and O–H groups in total. The highest BCUT2D eigenvalue weighted by molar-refractivity contribution is 7.22. The number of amides is 3. The summed E-state index contributed by atoms with van der Waals surface area (Å²) in [4.78, 5) is 29.9. The van der Waals surface area contributed by atoms with E-state index in [0.29, 0.717) is 10.7 Å². The van der Waals surface area contributed by atoms with Gasteiger partial charge in [-0.3, -0.25) is 10.1 Å². The van der Waals surface area contributed by atoms with E-state index in [-0.39, 0.29) is 11.9 Å². The third-order valence-electron chi connectivity index (χ3n) is 4.54. The second-order valence-corrected chi connectivity index (χ2v) is 7.82. The van der Waals surface area contributed by atoms with Crippen molar-refractivity contribution in [3.05, 3.63) is 36.0 Å². The predicted molar refractivity (Wildman–Crippen MR) is 106 cm³/mol. The van der Waals surface area contributed by atoms with Crippen LogP contribution in [0.2, 0.25) is 0 Å². The van der Waals surface area contributed by atoms with Crippen molar-refractivity contribution in [1.29, 1.82) is 0 Å². The van der Waals surface area contributed by atoms with E-state index in [1.165, 1.54) is 41.9 Å². The van der Waals surface area contributed by atoms with Crippen molar-refractivity contribution in [3.63, 3.8) is 0 Å². The quantitative estimate of drug-likeness (QED) is 0.825. The van der Waals surface area contributed by atoms with Gasteiger partial charge in [0.1, 0.15) is 0 Å². The van der Waals surface area contributed by atoms with Gasteiger partial charge in [-0.2, -0.15) is 0 Å². The van der Waals surface area contributed by atoms with Crippen molar-refractivity contribution >= 4 is 38.6 Å². The SMILES string of the molecule is CN(C)C(=O)c1ccc2nc(NC(=O)N/C=C\CC3CCCC3)sc2c1. The summed E-state index contributed by atoms with van der Waals surface area (Å²) in [5.74, 6) is 0.708. The molecule has 0 aliphatic heterocycles. The van der Waals surface area contributed by atoms with Crippen LogP contribution in [0.1, 0.15) is 42.5 Å². The van der Waals surface area contributed by atoms with Crippen LogP contribution in [0, 0.1) is 5.92 Å². The summed E-state index contributed by atoms with van der Waals surface area (Å²) >= 11 is 1.35. The minimum atomic E-state index is -0.309. The van der Waals surface area contributed by atoms with Crippen LogP contribution in [0.3, 0.4) is 0 Å². The smallest absolute Gasteiger partial charge is 0.324 e. The van der Waals surface area contributed by atoms with Crippen molar-refractivity contribution in [3.8, 4) is 0 Å². The molecule has 7 heteroatoms. The molecule has 0 spiro atoms. The van der Waals surface area contributed by atoms with Crippen LogP contribution < -0.4 is 10.6 Å². The van der Waals surface area contributed by atoms with Crippen LogP contribution >= 0.6 is 11.3 Å². The summed E-state index contributed by atoms with van der Waals surface area (Å²) in [5.41, 5.74) is 1.37. The minimum Gasteiger partial charge on any atom is -0.345 e. The fourth-order valence-corrected chi connectivity index (χ4v) is 4.04. The first-order chi connectivity index (χ1) is 12.5. The summed E-state index contributed by atoms with van der Waals surface area (Å²) in [5, 5.41) is 5.97. The Morgan fingerprint density at radius 2 is 2.08 bits per heavy atom. The molecule has 1 aromatic carbocycles. The maximum Gasteiger partial charge on any atom is 0.324 e. The van der Waals surface area contributed by atoms with Gasteiger partial charge in [0.2, 0.25) is 0 Å². The van der Waals surface area contributed by atoms with Gasteiger partial charge in [0.25, 0.3) is 5.91 Å². The Bertz CT molecular complexity index is 822. The molecule has 1 heterocycles. The van der Waals surface area contributed by atoms with E-state index in [2.05, 4.69) is 15.6 Å². The monoisotopic (exact) mass is 372 g/mol. The molecule has 1 saturated carbocycles. The molecule has 0 radical (unpaired) electrons. The van der Waals surface area contributed by atoms with E-state index in [9.17, 15) is 9.59 Å². The van der Waals surface area contributed by atoms with E-state index in [1.807, 2.05) is 6.08 Å². The molecule has 1 fully saturated rings. The third kappa shape index (κ3) is 4.60. The molecule has 6 nitrogen and oxygen atoms in total. The Morgan fingerprint density at radius 3 is 2.81 bits per heavy atom. The fraction of sp³-hybridized carbons (Fsp3) is 0.421. The number of hydrogen-bond acceptors (Lipinski definition) is 4. The van der Waals surface area contributed by atoms with Crippen molar-refractivity contribution in [2.24, 2.45) is 5.92 Å². The predicted octanol–water partition coefficient (Wildman–Crippen LogP) is 4.21. The average molecular weight is 372 g/mol. The highest BCUT2D eigenvalue weighted by atomic mass is 32.1. The lowest BCUT2D eigenvalue weighted by molar-refractivity contribution is 0.0828. The maximum absolute atomic E-state index is 12.0. The minimum absolute atomic E-state index is 0.0556. The molecule has 0 atom stereocenters. The van der Waals surface area contributed by atoms with Crippen molar-refractivity contribution in [1.82, 2.24) is 15.2 Å². The number of allylic oxidation sites excluding steroid dienone is 1. The molecule has 0 unspecified atom stereocenters. The lowest BCUT2D eigenvalue weighted by atomic mass is 10.0. The summed E-state index contributed by atoms with van der Waals surface area (Å²) in [6.45, 7) is 0. The Hall–Kier alpha value is -2.41. The largest absolute Gasteiger partial charge is 0.345 e. The molecular weight excluding hydrogens is 348 g/mol. The lowest BCUT2D eigenvalue weighted by Crippen LogP contribution is -2.23. The Labute approximate surface area is 157 Å². The van der Waals surface area contributed by atoms with Crippen molar-refractivity contribution < 1.29 is 9.59 Å². The first-order valence-electron chi connectivity index (χ1n) is 8.87. The van der Waals surface area contributed by atoms with Gasteiger partial charge < -0.3 is 10.2 Å². The van der Waals surface area contributed by atoms with E-state index >= 15 is 0 Å². The molecule has 26 heavy (non-hydrogen) atoms. The topological polar surface area (TPSA) is 74.3 Å². The van der Waals surface area contributed by atoms with Crippen LogP contribution in [-0.2, 0) is 0 Å². The average Bonchev–Trinajstić information content (AvgIpc) is 3.26. The first-order valence-corrected chi connectivity index (χ1v) is 9.69. The molecule has 1 aliphatic rings. The number of nitrogens with zero attached hydrogens (tertiary/aromatic N) is 2. The van der Waals surface area contributed by atoms with E-state index in [0.717, 1.165) is 22.6 Å². The number of nitrogens with one attached hydrogen (secondary N) is 2.